The van der Waals surface area contributed by atoms with Crippen LogP contribution in [0.5, 0.6) is 11.5 Å². The third-order valence-corrected chi connectivity index (χ3v) is 8.78. The number of allylic oxidation sites excluding steroid dienone is 4. The van der Waals surface area contributed by atoms with E-state index in [9.17, 15) is 14.0 Å². The van der Waals surface area contributed by atoms with Crippen molar-refractivity contribution in [2.75, 3.05) is 13.7 Å². The van der Waals surface area contributed by atoms with Crippen LogP contribution in [0, 0.1) is 16.6 Å². The summed E-state index contributed by atoms with van der Waals surface area (Å²) < 4.78 is 26.2. The minimum absolute atomic E-state index is 0.0976. The molecule has 2 aromatic carbocycles. The van der Waals surface area contributed by atoms with Crippen molar-refractivity contribution in [3.8, 4) is 11.5 Å². The highest BCUT2D eigenvalue weighted by Crippen LogP contribution is 2.55. The molecular formula is C33H37BrFNO4. The average molecular weight is 611 g/mol. The first-order valence-corrected chi connectivity index (χ1v) is 14.7. The molecule has 0 fully saturated rings. The number of Topliss-reactive ketones (excluding diaryl/α,β-unsaturated/α-hetero) is 2. The quantitative estimate of drug-likeness (QED) is 0.333. The summed E-state index contributed by atoms with van der Waals surface area (Å²) in [6, 6.07) is 10.1. The summed E-state index contributed by atoms with van der Waals surface area (Å²) in [6.07, 6.45) is 2.43. The van der Waals surface area contributed by atoms with Gasteiger partial charge in [0.25, 0.3) is 0 Å². The van der Waals surface area contributed by atoms with Crippen molar-refractivity contribution < 1.29 is 23.5 Å². The third-order valence-electron chi connectivity index (χ3n) is 8.20. The number of ether oxygens (including phenoxy) is 2. The number of hydrogen-bond donors (Lipinski definition) is 0. The number of nitrogens with zero attached hydrogens (tertiary/aromatic N) is 1. The molecule has 0 N–H and O–H groups in total. The standard InChI is InChI=1S/C33H37BrFNO4/c1-7-36-23-14-32(2,3)16-25(37)29(23)28(30-24(36)15-33(4,5)17-26(30)38)20-12-22(34)31(27(13-20)39-6)40-18-19-9-8-10-21(35)11-19/h8-13,28H,7,14-18H2,1-6H3. The van der Waals surface area contributed by atoms with Gasteiger partial charge in [0.2, 0.25) is 0 Å². The maximum absolute atomic E-state index is 13.9. The Morgan fingerprint density at radius 3 is 2.08 bits per heavy atom. The Kier molecular flexibility index (Phi) is 7.49. The van der Waals surface area contributed by atoms with Gasteiger partial charge in [-0.2, -0.15) is 0 Å². The summed E-state index contributed by atoms with van der Waals surface area (Å²) in [5.41, 5.74) is 4.74. The zero-order valence-electron chi connectivity index (χ0n) is 24.1. The first-order chi connectivity index (χ1) is 18.8. The van der Waals surface area contributed by atoms with Crippen molar-refractivity contribution in [3.63, 3.8) is 0 Å². The third kappa shape index (κ3) is 5.25. The summed E-state index contributed by atoms with van der Waals surface area (Å²) in [5.74, 6) is 0.366. The van der Waals surface area contributed by atoms with Crippen molar-refractivity contribution in [1.29, 1.82) is 0 Å². The number of carbonyl (C=O) groups excluding carboxylic acids is 2. The predicted octanol–water partition coefficient (Wildman–Crippen LogP) is 7.88. The second kappa shape index (κ2) is 10.5. The van der Waals surface area contributed by atoms with Crippen LogP contribution in [0.15, 0.2) is 63.4 Å². The molecule has 2 aliphatic carbocycles. The van der Waals surface area contributed by atoms with Gasteiger partial charge in [0.05, 0.1) is 11.6 Å². The van der Waals surface area contributed by atoms with Crippen molar-refractivity contribution >= 4 is 27.5 Å². The second-order valence-electron chi connectivity index (χ2n) is 12.7. The summed E-state index contributed by atoms with van der Waals surface area (Å²) in [6.45, 7) is 11.5. The van der Waals surface area contributed by atoms with Crippen molar-refractivity contribution in [1.82, 2.24) is 4.90 Å². The second-order valence-corrected chi connectivity index (χ2v) is 13.6. The SMILES string of the molecule is CCN1C2=C(C(=O)CC(C)(C)C2)C(c2cc(Br)c(OCc3cccc(F)c3)c(OC)c2)C2=C1CC(C)(C)CC2=O. The number of carbonyl (C=O) groups is 2. The highest BCUT2D eigenvalue weighted by atomic mass is 79.9. The van der Waals surface area contributed by atoms with Gasteiger partial charge in [0.1, 0.15) is 12.4 Å². The fourth-order valence-corrected chi connectivity index (χ4v) is 7.17. The monoisotopic (exact) mass is 609 g/mol. The van der Waals surface area contributed by atoms with Crippen LogP contribution in [0.25, 0.3) is 0 Å². The van der Waals surface area contributed by atoms with Gasteiger partial charge in [-0.1, -0.05) is 39.8 Å². The van der Waals surface area contributed by atoms with E-state index in [-0.39, 0.29) is 34.8 Å². The van der Waals surface area contributed by atoms with Crippen LogP contribution >= 0.6 is 15.9 Å². The number of ketones is 2. The Hall–Kier alpha value is -2.93. The van der Waals surface area contributed by atoms with Crippen molar-refractivity contribution in [3.05, 3.63) is 80.4 Å². The molecule has 5 rings (SSSR count). The van der Waals surface area contributed by atoms with Crippen LogP contribution in [0.3, 0.4) is 0 Å². The highest BCUT2D eigenvalue weighted by molar-refractivity contribution is 9.10. The number of rotatable bonds is 6. The zero-order chi connectivity index (χ0) is 29.0. The molecule has 1 aliphatic heterocycles. The van der Waals surface area contributed by atoms with E-state index in [2.05, 4.69) is 55.4 Å². The fraction of sp³-hybridized carbons (Fsp3) is 0.455. The smallest absolute Gasteiger partial charge is 0.175 e. The van der Waals surface area contributed by atoms with E-state index in [1.54, 1.807) is 19.2 Å². The molecule has 1 heterocycles. The first kappa shape index (κ1) is 28.6. The van der Waals surface area contributed by atoms with Crippen LogP contribution in [-0.4, -0.2) is 30.1 Å². The molecule has 0 saturated carbocycles. The van der Waals surface area contributed by atoms with Crippen molar-refractivity contribution in [2.45, 2.75) is 72.8 Å². The van der Waals surface area contributed by atoms with E-state index in [0.717, 1.165) is 40.9 Å². The van der Waals surface area contributed by atoms with Crippen LogP contribution in [0.2, 0.25) is 0 Å². The van der Waals surface area contributed by atoms with Gasteiger partial charge in [-0.25, -0.2) is 4.39 Å². The molecule has 3 aliphatic rings. The van der Waals surface area contributed by atoms with E-state index in [1.807, 2.05) is 12.1 Å². The lowest BCUT2D eigenvalue weighted by atomic mass is 9.63. The van der Waals surface area contributed by atoms with Crippen LogP contribution in [-0.2, 0) is 16.2 Å². The van der Waals surface area contributed by atoms with Crippen LogP contribution < -0.4 is 9.47 Å². The van der Waals surface area contributed by atoms with Gasteiger partial charge in [-0.15, -0.1) is 0 Å². The predicted molar refractivity (Wildman–Crippen MR) is 157 cm³/mol. The molecule has 0 aromatic heterocycles. The summed E-state index contributed by atoms with van der Waals surface area (Å²) in [4.78, 5) is 30.0. The minimum Gasteiger partial charge on any atom is -0.493 e. The molecule has 0 atom stereocenters. The molecule has 7 heteroatoms. The maximum atomic E-state index is 13.9. The Balaban J connectivity index is 1.65. The summed E-state index contributed by atoms with van der Waals surface area (Å²) >= 11 is 3.67. The number of benzene rings is 2. The Bertz CT molecular complexity index is 1400. The molecule has 40 heavy (non-hydrogen) atoms. The summed E-state index contributed by atoms with van der Waals surface area (Å²) in [5, 5.41) is 0. The molecule has 0 bridgehead atoms. The molecule has 0 radical (unpaired) electrons. The number of methoxy groups -OCH3 is 1. The normalized spacial score (nSPS) is 20.4. The minimum atomic E-state index is -0.470. The Morgan fingerprint density at radius 1 is 0.950 bits per heavy atom. The molecule has 0 amide bonds. The first-order valence-electron chi connectivity index (χ1n) is 13.9. The average Bonchev–Trinajstić information content (AvgIpc) is 2.85. The van der Waals surface area contributed by atoms with Gasteiger partial charge in [-0.3, -0.25) is 9.59 Å². The van der Waals surface area contributed by atoms with E-state index < -0.39 is 5.92 Å². The van der Waals surface area contributed by atoms with Gasteiger partial charge >= 0.3 is 0 Å². The highest BCUT2D eigenvalue weighted by Gasteiger charge is 2.48. The van der Waals surface area contributed by atoms with Gasteiger partial charge in [-0.05, 0) is 81.9 Å². The molecular weight excluding hydrogens is 573 g/mol. The molecule has 0 unspecified atom stereocenters. The number of hydrogen-bond acceptors (Lipinski definition) is 5. The lowest BCUT2D eigenvalue weighted by Gasteiger charge is -2.49. The van der Waals surface area contributed by atoms with Crippen LogP contribution in [0.4, 0.5) is 4.39 Å². The lowest BCUT2D eigenvalue weighted by molar-refractivity contribution is -0.119. The molecule has 2 aromatic rings. The van der Waals surface area contributed by atoms with Gasteiger partial charge in [0, 0.05) is 47.8 Å². The fourth-order valence-electron chi connectivity index (χ4n) is 6.59. The van der Waals surface area contributed by atoms with Gasteiger partial charge in [0.15, 0.2) is 23.1 Å². The number of halogens is 2. The van der Waals surface area contributed by atoms with Crippen molar-refractivity contribution in [2.24, 2.45) is 10.8 Å². The molecule has 0 saturated heterocycles. The lowest BCUT2D eigenvalue weighted by Crippen LogP contribution is -2.44. The Morgan fingerprint density at radius 2 is 1.55 bits per heavy atom. The molecule has 212 valence electrons. The maximum Gasteiger partial charge on any atom is 0.175 e. The largest absolute Gasteiger partial charge is 0.493 e. The Labute approximate surface area is 244 Å². The van der Waals surface area contributed by atoms with E-state index in [0.29, 0.717) is 40.9 Å². The molecule has 5 nitrogen and oxygen atoms in total. The van der Waals surface area contributed by atoms with E-state index in [4.69, 9.17) is 9.47 Å². The van der Waals surface area contributed by atoms with E-state index in [1.165, 1.54) is 12.1 Å². The van der Waals surface area contributed by atoms with Gasteiger partial charge < -0.3 is 14.4 Å². The summed E-state index contributed by atoms with van der Waals surface area (Å²) in [7, 11) is 1.57. The zero-order valence-corrected chi connectivity index (χ0v) is 25.7. The van der Waals surface area contributed by atoms with Crippen LogP contribution in [0.1, 0.15) is 77.3 Å². The molecule has 0 spiro atoms. The van der Waals surface area contributed by atoms with E-state index >= 15 is 0 Å². The topological polar surface area (TPSA) is 55.8 Å².